The number of rotatable bonds is 15. The summed E-state index contributed by atoms with van der Waals surface area (Å²) in [6, 6.07) is -1.81. The fourth-order valence-corrected chi connectivity index (χ4v) is 4.98. The third-order valence-corrected chi connectivity index (χ3v) is 7.23. The molecule has 1 saturated carbocycles. The van der Waals surface area contributed by atoms with E-state index in [0.717, 1.165) is 44.9 Å². The van der Waals surface area contributed by atoms with Gasteiger partial charge in [-0.3, -0.25) is 24.2 Å². The van der Waals surface area contributed by atoms with E-state index in [4.69, 9.17) is 0 Å². The molecule has 1 rings (SSSR count). The van der Waals surface area contributed by atoms with Gasteiger partial charge in [0, 0.05) is 12.8 Å². The quantitative estimate of drug-likeness (QED) is 0.175. The summed E-state index contributed by atoms with van der Waals surface area (Å²) in [5.74, 6) is -2.18. The van der Waals surface area contributed by atoms with Crippen molar-refractivity contribution in [3.8, 4) is 0 Å². The van der Waals surface area contributed by atoms with Gasteiger partial charge in [0.2, 0.25) is 11.8 Å². The van der Waals surface area contributed by atoms with Crippen LogP contribution in [0.2, 0.25) is 0 Å². The second-order valence-electron chi connectivity index (χ2n) is 11.7. The molecule has 0 heterocycles. The van der Waals surface area contributed by atoms with Crippen LogP contribution in [0.3, 0.4) is 0 Å². The zero-order valence-electron chi connectivity index (χ0n) is 26.8. The maximum Gasteiger partial charge on any atom is 0.323 e. The molecule has 9 heteroatoms. The molecule has 0 aromatic heterocycles. The maximum atomic E-state index is 13.8. The van der Waals surface area contributed by atoms with Gasteiger partial charge in [0.1, 0.15) is 24.3 Å². The van der Waals surface area contributed by atoms with Gasteiger partial charge in [-0.2, -0.15) is 0 Å². The van der Waals surface area contributed by atoms with Gasteiger partial charge < -0.3 is 20.6 Å². The lowest BCUT2D eigenvalue weighted by atomic mass is 9.82. The van der Waals surface area contributed by atoms with Crippen LogP contribution in [-0.4, -0.2) is 65.1 Å². The lowest BCUT2D eigenvalue weighted by Gasteiger charge is -2.37. The number of carboxylic acid groups (broad SMARTS) is 1. The number of nitrogens with one attached hydrogen (secondary N) is 2. The average Bonchev–Trinajstić information content (AvgIpc) is 2.93. The first-order valence-corrected chi connectivity index (χ1v) is 15.3. The maximum absolute atomic E-state index is 13.8. The Bertz CT molecular complexity index is 900. The Morgan fingerprint density at radius 3 is 2.17 bits per heavy atom. The minimum Gasteiger partial charge on any atom is -0.480 e. The topological polar surface area (TPSA) is 128 Å². The molecule has 0 aliphatic heterocycles. The number of hydrogen-bond donors (Lipinski definition) is 3. The molecule has 0 spiro atoms. The number of allylic oxidation sites excluding steroid dienone is 2. The van der Waals surface area contributed by atoms with Gasteiger partial charge in [-0.15, -0.1) is 0 Å². The van der Waals surface area contributed by atoms with Gasteiger partial charge in [0.15, 0.2) is 0 Å². The Labute approximate surface area is 248 Å². The third-order valence-electron chi connectivity index (χ3n) is 7.23. The minimum absolute atomic E-state index is 0.0788. The number of carbonyl (C=O) groups is 4. The molecule has 0 radical (unpaired) electrons. The van der Waals surface area contributed by atoms with E-state index in [1.54, 1.807) is 13.0 Å². The number of nitrogens with zero attached hydrogens (tertiary/aromatic N) is 2. The van der Waals surface area contributed by atoms with E-state index in [1.807, 2.05) is 34.6 Å². The Balaban J connectivity index is 0.00000781. The smallest absolute Gasteiger partial charge is 0.323 e. The van der Waals surface area contributed by atoms with Crippen LogP contribution < -0.4 is 10.6 Å². The Kier molecular flexibility index (Phi) is 18.5. The predicted octanol–water partition coefficient (Wildman–Crippen LogP) is 5.51. The number of aliphatic imine (C=N–C) groups is 1. The molecule has 9 nitrogen and oxygen atoms in total. The number of carboxylic acids is 1. The summed E-state index contributed by atoms with van der Waals surface area (Å²) in [5, 5.41) is 15.3. The van der Waals surface area contributed by atoms with E-state index in [1.165, 1.54) is 17.2 Å². The number of aliphatic carboxylic acids is 1. The first kappa shape index (κ1) is 38.0. The molecule has 1 fully saturated rings. The zero-order chi connectivity index (χ0) is 31.6. The first-order chi connectivity index (χ1) is 19.3. The van der Waals surface area contributed by atoms with Gasteiger partial charge in [-0.1, -0.05) is 99.3 Å². The number of hydrogen-bond acceptors (Lipinski definition) is 5. The monoisotopic (exact) mass is 576 g/mol. The number of carbonyl (C=O) groups excluding carboxylic acids is 3. The molecule has 0 aromatic rings. The molecular formula is C32H56N4O5. The largest absolute Gasteiger partial charge is 0.480 e. The molecule has 41 heavy (non-hydrogen) atoms. The first-order valence-electron chi connectivity index (χ1n) is 15.3. The van der Waals surface area contributed by atoms with Crippen molar-refractivity contribution in [2.45, 2.75) is 119 Å². The van der Waals surface area contributed by atoms with Crippen molar-refractivity contribution in [3.05, 3.63) is 24.4 Å². The molecule has 3 amide bonds. The van der Waals surface area contributed by atoms with Crippen LogP contribution in [-0.2, 0) is 19.2 Å². The molecule has 234 valence electrons. The van der Waals surface area contributed by atoms with Gasteiger partial charge in [-0.05, 0) is 43.4 Å². The standard InChI is InChI=1S/C30H50N4O5.C2H6/c1-8-14-21(4)17-19-34(20-24(35)36)29(39)26(30(5,6)7)33-28(38)25(22-15-12-11-13-16-22)32-27(37)23(10-3)31-18-9-2;1-2/h9-10,18,21-22,25-26H,2,8,11-17,19-20H2,1,3-7H3,(H,32,37)(H,33,38)(H,35,36);1-2H3/b23-10-,31-18?;/t21?,25-,26?;/m0./s1. The molecule has 3 N–H and O–H groups in total. The molecular weight excluding hydrogens is 520 g/mol. The highest BCUT2D eigenvalue weighted by Gasteiger charge is 2.39. The van der Waals surface area contributed by atoms with Crippen molar-refractivity contribution < 1.29 is 24.3 Å². The van der Waals surface area contributed by atoms with Crippen molar-refractivity contribution in [3.63, 3.8) is 0 Å². The normalized spacial score (nSPS) is 16.5. The molecule has 1 aliphatic carbocycles. The van der Waals surface area contributed by atoms with E-state index in [9.17, 15) is 24.3 Å². The SMILES string of the molecule is C=CC=N/C(=C\C)C(=O)N[C@H](C(=O)NC(C(=O)N(CCC(C)CCC)CC(=O)O)C(C)(C)C)C1CCCCC1.CC. The molecule has 0 saturated heterocycles. The van der Waals surface area contributed by atoms with E-state index < -0.39 is 47.7 Å². The highest BCUT2D eigenvalue weighted by Crippen LogP contribution is 2.28. The summed E-state index contributed by atoms with van der Waals surface area (Å²) in [6.45, 7) is 18.8. The van der Waals surface area contributed by atoms with Gasteiger partial charge in [0.05, 0.1) is 0 Å². The van der Waals surface area contributed by atoms with Crippen molar-refractivity contribution in [1.82, 2.24) is 15.5 Å². The Morgan fingerprint density at radius 1 is 1.07 bits per heavy atom. The summed E-state index contributed by atoms with van der Waals surface area (Å²) in [7, 11) is 0. The van der Waals surface area contributed by atoms with Gasteiger partial charge >= 0.3 is 5.97 Å². The average molecular weight is 577 g/mol. The fraction of sp³-hybridized carbons (Fsp3) is 0.719. The van der Waals surface area contributed by atoms with Crippen molar-refractivity contribution >= 4 is 29.9 Å². The molecule has 0 bridgehead atoms. The second kappa shape index (κ2) is 20.0. The van der Waals surface area contributed by atoms with Crippen LogP contribution in [0.25, 0.3) is 0 Å². The van der Waals surface area contributed by atoms with Crippen LogP contribution >= 0.6 is 0 Å². The Hall–Kier alpha value is -2.97. The third kappa shape index (κ3) is 14.0. The molecule has 0 aromatic carbocycles. The van der Waals surface area contributed by atoms with Crippen LogP contribution in [0.4, 0.5) is 0 Å². The fourth-order valence-electron chi connectivity index (χ4n) is 4.98. The lowest BCUT2D eigenvalue weighted by molar-refractivity contribution is -0.148. The summed E-state index contributed by atoms with van der Waals surface area (Å²) in [6.07, 6.45) is 11.7. The highest BCUT2D eigenvalue weighted by atomic mass is 16.4. The van der Waals surface area contributed by atoms with Crippen LogP contribution in [0, 0.1) is 17.3 Å². The Morgan fingerprint density at radius 2 is 1.68 bits per heavy atom. The van der Waals surface area contributed by atoms with Gasteiger partial charge in [0.25, 0.3) is 5.91 Å². The highest BCUT2D eigenvalue weighted by molar-refractivity contribution is 5.99. The predicted molar refractivity (Wildman–Crippen MR) is 167 cm³/mol. The minimum atomic E-state index is -1.10. The van der Waals surface area contributed by atoms with Crippen molar-refractivity contribution in [2.75, 3.05) is 13.1 Å². The zero-order valence-corrected chi connectivity index (χ0v) is 26.8. The van der Waals surface area contributed by atoms with E-state index in [2.05, 4.69) is 36.1 Å². The van der Waals surface area contributed by atoms with E-state index >= 15 is 0 Å². The van der Waals surface area contributed by atoms with E-state index in [-0.39, 0.29) is 11.6 Å². The van der Waals surface area contributed by atoms with Crippen LogP contribution in [0.1, 0.15) is 107 Å². The molecule has 2 unspecified atom stereocenters. The second-order valence-corrected chi connectivity index (χ2v) is 11.7. The summed E-state index contributed by atoms with van der Waals surface area (Å²) in [4.78, 5) is 57.6. The number of amides is 3. The summed E-state index contributed by atoms with van der Waals surface area (Å²) >= 11 is 0. The van der Waals surface area contributed by atoms with Crippen molar-refractivity contribution in [2.24, 2.45) is 22.2 Å². The summed E-state index contributed by atoms with van der Waals surface area (Å²) in [5.41, 5.74) is -0.525. The lowest BCUT2D eigenvalue weighted by Crippen LogP contribution is -2.60. The van der Waals surface area contributed by atoms with Crippen molar-refractivity contribution in [1.29, 1.82) is 0 Å². The van der Waals surface area contributed by atoms with E-state index in [0.29, 0.717) is 18.9 Å². The molecule has 1 aliphatic rings. The summed E-state index contributed by atoms with van der Waals surface area (Å²) < 4.78 is 0. The van der Waals surface area contributed by atoms with Crippen LogP contribution in [0.5, 0.6) is 0 Å². The van der Waals surface area contributed by atoms with Gasteiger partial charge in [-0.25, -0.2) is 0 Å². The van der Waals surface area contributed by atoms with Crippen LogP contribution in [0.15, 0.2) is 29.4 Å². The molecule has 3 atom stereocenters.